The average molecular weight is 379 g/mol. The quantitative estimate of drug-likeness (QED) is 0.645. The second kappa shape index (κ2) is 7.01. The van der Waals surface area contributed by atoms with Crippen LogP contribution in [0.4, 0.5) is 0 Å². The van der Waals surface area contributed by atoms with Gasteiger partial charge in [-0.15, -0.1) is 0 Å². The SMILES string of the molecule is Cc1ccc(S(=O)(=O)NC(CCC(N)=O)C(=O)O)c(Br)c1. The van der Waals surface area contributed by atoms with Crippen LogP contribution >= 0.6 is 15.9 Å². The van der Waals surface area contributed by atoms with E-state index in [4.69, 9.17) is 10.8 Å². The van der Waals surface area contributed by atoms with E-state index >= 15 is 0 Å². The van der Waals surface area contributed by atoms with Gasteiger partial charge in [0.05, 0.1) is 4.90 Å². The van der Waals surface area contributed by atoms with Crippen LogP contribution in [0, 0.1) is 6.92 Å². The highest BCUT2D eigenvalue weighted by molar-refractivity contribution is 9.10. The summed E-state index contributed by atoms with van der Waals surface area (Å²) in [6, 6.07) is 3.15. The number of carboxylic acids is 1. The van der Waals surface area contributed by atoms with Crippen LogP contribution in [0.5, 0.6) is 0 Å². The van der Waals surface area contributed by atoms with E-state index in [1.54, 1.807) is 19.1 Å². The topological polar surface area (TPSA) is 127 Å². The molecule has 1 rings (SSSR count). The van der Waals surface area contributed by atoms with Crippen molar-refractivity contribution >= 4 is 37.8 Å². The monoisotopic (exact) mass is 378 g/mol. The van der Waals surface area contributed by atoms with Crippen molar-refractivity contribution in [3.8, 4) is 0 Å². The van der Waals surface area contributed by atoms with Crippen molar-refractivity contribution in [1.29, 1.82) is 0 Å². The number of hydrogen-bond acceptors (Lipinski definition) is 4. The molecule has 116 valence electrons. The lowest BCUT2D eigenvalue weighted by molar-refractivity contribution is -0.139. The van der Waals surface area contributed by atoms with Crippen LogP contribution < -0.4 is 10.5 Å². The van der Waals surface area contributed by atoms with Crippen molar-refractivity contribution in [2.45, 2.75) is 30.7 Å². The fourth-order valence-corrected chi connectivity index (χ4v) is 4.01. The highest BCUT2D eigenvalue weighted by Crippen LogP contribution is 2.23. The highest BCUT2D eigenvalue weighted by atomic mass is 79.9. The molecule has 0 saturated carbocycles. The predicted octanol–water partition coefficient (Wildman–Crippen LogP) is 0.755. The minimum atomic E-state index is -4.03. The summed E-state index contributed by atoms with van der Waals surface area (Å²) < 4.78 is 26.8. The molecule has 0 aliphatic rings. The number of hydrogen-bond donors (Lipinski definition) is 3. The first-order chi connectivity index (χ1) is 9.63. The van der Waals surface area contributed by atoms with Crippen LogP contribution in [0.15, 0.2) is 27.6 Å². The number of carboxylic acid groups (broad SMARTS) is 1. The van der Waals surface area contributed by atoms with E-state index in [-0.39, 0.29) is 17.7 Å². The highest BCUT2D eigenvalue weighted by Gasteiger charge is 2.27. The maximum atomic E-state index is 12.2. The van der Waals surface area contributed by atoms with Crippen LogP contribution in [0.25, 0.3) is 0 Å². The molecule has 7 nitrogen and oxygen atoms in total. The number of aryl methyl sites for hydroxylation is 1. The lowest BCUT2D eigenvalue weighted by Crippen LogP contribution is -2.41. The van der Waals surface area contributed by atoms with Gasteiger partial charge in [-0.05, 0) is 47.0 Å². The van der Waals surface area contributed by atoms with E-state index in [0.717, 1.165) is 5.56 Å². The number of rotatable bonds is 7. The number of aliphatic carboxylic acids is 1. The first-order valence-electron chi connectivity index (χ1n) is 5.93. The van der Waals surface area contributed by atoms with Crippen LogP contribution in [-0.4, -0.2) is 31.4 Å². The van der Waals surface area contributed by atoms with Crippen molar-refractivity contribution in [2.24, 2.45) is 5.73 Å². The van der Waals surface area contributed by atoms with E-state index in [9.17, 15) is 18.0 Å². The van der Waals surface area contributed by atoms with Gasteiger partial charge in [0, 0.05) is 10.9 Å². The number of carbonyl (C=O) groups is 2. The first-order valence-corrected chi connectivity index (χ1v) is 8.20. The number of halogens is 1. The Hall–Kier alpha value is -1.45. The molecule has 0 fully saturated rings. The summed E-state index contributed by atoms with van der Waals surface area (Å²) in [6.45, 7) is 1.79. The third kappa shape index (κ3) is 5.10. The fraction of sp³-hybridized carbons (Fsp3) is 0.333. The Morgan fingerprint density at radius 1 is 1.43 bits per heavy atom. The molecule has 0 bridgehead atoms. The number of nitrogens with two attached hydrogens (primary N) is 1. The number of amides is 1. The van der Waals surface area contributed by atoms with Gasteiger partial charge in [0.1, 0.15) is 6.04 Å². The maximum Gasteiger partial charge on any atom is 0.321 e. The Labute approximate surface area is 130 Å². The Bertz CT molecular complexity index is 660. The maximum absolute atomic E-state index is 12.2. The zero-order valence-corrected chi connectivity index (χ0v) is 13.6. The first kappa shape index (κ1) is 17.6. The summed E-state index contributed by atoms with van der Waals surface area (Å²) in [4.78, 5) is 21.7. The third-order valence-electron chi connectivity index (χ3n) is 2.65. The molecule has 1 amide bonds. The van der Waals surface area contributed by atoms with Gasteiger partial charge in [0.25, 0.3) is 0 Å². The molecular weight excluding hydrogens is 364 g/mol. The van der Waals surface area contributed by atoms with E-state index in [1.165, 1.54) is 6.07 Å². The number of carbonyl (C=O) groups excluding carboxylic acids is 1. The Kier molecular flexibility index (Phi) is 5.87. The van der Waals surface area contributed by atoms with Crippen LogP contribution in [-0.2, 0) is 19.6 Å². The minimum absolute atomic E-state index is 0.0709. The van der Waals surface area contributed by atoms with Gasteiger partial charge in [-0.25, -0.2) is 8.42 Å². The summed E-state index contributed by atoms with van der Waals surface area (Å²) in [5, 5.41) is 9.02. The van der Waals surface area contributed by atoms with Crippen molar-refractivity contribution in [3.05, 3.63) is 28.2 Å². The summed E-state index contributed by atoms with van der Waals surface area (Å²) >= 11 is 3.13. The van der Waals surface area contributed by atoms with E-state index in [2.05, 4.69) is 20.7 Å². The number of primary amides is 1. The van der Waals surface area contributed by atoms with Gasteiger partial charge in [-0.1, -0.05) is 6.07 Å². The second-order valence-electron chi connectivity index (χ2n) is 4.45. The summed E-state index contributed by atoms with van der Waals surface area (Å²) in [6.07, 6.45) is -0.443. The molecule has 0 heterocycles. The molecule has 9 heteroatoms. The van der Waals surface area contributed by atoms with Crippen molar-refractivity contribution in [3.63, 3.8) is 0 Å². The van der Waals surface area contributed by atoms with Crippen molar-refractivity contribution in [2.75, 3.05) is 0 Å². The zero-order chi connectivity index (χ0) is 16.2. The van der Waals surface area contributed by atoms with E-state index in [1.807, 2.05) is 0 Å². The molecule has 0 saturated heterocycles. The average Bonchev–Trinajstić information content (AvgIpc) is 2.33. The largest absolute Gasteiger partial charge is 0.480 e. The Balaban J connectivity index is 3.00. The van der Waals surface area contributed by atoms with Gasteiger partial charge in [0.2, 0.25) is 15.9 Å². The Morgan fingerprint density at radius 2 is 2.05 bits per heavy atom. The van der Waals surface area contributed by atoms with Crippen molar-refractivity contribution < 1.29 is 23.1 Å². The molecule has 0 aliphatic carbocycles. The molecule has 1 atom stereocenters. The van der Waals surface area contributed by atoms with Gasteiger partial charge in [0.15, 0.2) is 0 Å². The van der Waals surface area contributed by atoms with Gasteiger partial charge < -0.3 is 10.8 Å². The van der Waals surface area contributed by atoms with Crippen LogP contribution in [0.3, 0.4) is 0 Å². The molecule has 0 aromatic heterocycles. The normalized spacial score (nSPS) is 12.9. The molecule has 0 spiro atoms. The Morgan fingerprint density at radius 3 is 2.52 bits per heavy atom. The third-order valence-corrected chi connectivity index (χ3v) is 5.10. The fourth-order valence-electron chi connectivity index (χ4n) is 1.59. The van der Waals surface area contributed by atoms with Gasteiger partial charge in [-0.3, -0.25) is 9.59 Å². The minimum Gasteiger partial charge on any atom is -0.480 e. The molecule has 1 unspecified atom stereocenters. The molecule has 0 aliphatic heterocycles. The molecule has 1 aromatic rings. The standard InChI is InChI=1S/C12H15BrN2O5S/c1-7-2-4-10(8(13)6-7)21(19,20)15-9(12(17)18)3-5-11(14)16/h2,4,6,9,15H,3,5H2,1H3,(H2,14,16)(H,17,18). The van der Waals surface area contributed by atoms with E-state index < -0.39 is 27.9 Å². The van der Waals surface area contributed by atoms with Crippen LogP contribution in [0.1, 0.15) is 18.4 Å². The predicted molar refractivity (Wildman–Crippen MR) is 79.1 cm³/mol. The number of nitrogens with one attached hydrogen (secondary N) is 1. The lowest BCUT2D eigenvalue weighted by atomic mass is 10.2. The molecule has 1 aromatic carbocycles. The van der Waals surface area contributed by atoms with Gasteiger partial charge in [-0.2, -0.15) is 4.72 Å². The molecular formula is C12H15BrN2O5S. The van der Waals surface area contributed by atoms with E-state index in [0.29, 0.717) is 4.47 Å². The van der Waals surface area contributed by atoms with Crippen LogP contribution in [0.2, 0.25) is 0 Å². The van der Waals surface area contributed by atoms with Crippen molar-refractivity contribution in [1.82, 2.24) is 4.72 Å². The zero-order valence-electron chi connectivity index (χ0n) is 11.2. The summed E-state index contributed by atoms with van der Waals surface area (Å²) in [5.74, 6) is -2.07. The smallest absolute Gasteiger partial charge is 0.321 e. The molecule has 21 heavy (non-hydrogen) atoms. The molecule has 4 N–H and O–H groups in total. The second-order valence-corrected chi connectivity index (χ2v) is 6.99. The number of sulfonamides is 1. The summed E-state index contributed by atoms with van der Waals surface area (Å²) in [7, 11) is -4.03. The van der Waals surface area contributed by atoms with Gasteiger partial charge >= 0.3 is 5.97 Å². The summed E-state index contributed by atoms with van der Waals surface area (Å²) in [5.41, 5.74) is 5.79. The lowest BCUT2D eigenvalue weighted by Gasteiger charge is -2.15. The number of benzene rings is 1. The molecule has 0 radical (unpaired) electrons.